The standard InChI is InChI=1S/C11H14N2O5S2/c1-7(14)13-10(11(15)16)6-19-8-2-4-9(5-3-8)20(12,17)18/h2-5,10H,6H2,1H3,(H,13,14)(H,15,16)(H2,12,17,18)/t10-/m0/s1. The van der Waals surface area contributed by atoms with Crippen LogP contribution >= 0.6 is 11.8 Å². The molecular weight excluding hydrogens is 304 g/mol. The molecule has 0 bridgehead atoms. The Balaban J connectivity index is 2.69. The van der Waals surface area contributed by atoms with Gasteiger partial charge in [0.25, 0.3) is 0 Å². The van der Waals surface area contributed by atoms with Crippen LogP contribution in [0.1, 0.15) is 6.92 Å². The number of hydrogen-bond acceptors (Lipinski definition) is 5. The molecule has 0 saturated carbocycles. The fourth-order valence-corrected chi connectivity index (χ4v) is 2.75. The van der Waals surface area contributed by atoms with E-state index in [-0.39, 0.29) is 10.6 Å². The summed E-state index contributed by atoms with van der Waals surface area (Å²) in [5.74, 6) is -1.43. The van der Waals surface area contributed by atoms with Gasteiger partial charge in [-0.2, -0.15) is 0 Å². The summed E-state index contributed by atoms with van der Waals surface area (Å²) in [7, 11) is -3.74. The molecule has 0 fully saturated rings. The van der Waals surface area contributed by atoms with Crippen molar-refractivity contribution < 1.29 is 23.1 Å². The largest absolute Gasteiger partial charge is 0.480 e. The van der Waals surface area contributed by atoms with Gasteiger partial charge >= 0.3 is 5.97 Å². The summed E-state index contributed by atoms with van der Waals surface area (Å²) in [6.45, 7) is 1.24. The number of thioether (sulfide) groups is 1. The van der Waals surface area contributed by atoms with Crippen molar-refractivity contribution in [1.82, 2.24) is 5.32 Å². The molecule has 4 N–H and O–H groups in total. The quantitative estimate of drug-likeness (QED) is 0.634. The van der Waals surface area contributed by atoms with E-state index in [1.54, 1.807) is 0 Å². The molecule has 0 saturated heterocycles. The van der Waals surface area contributed by atoms with Gasteiger partial charge in [0.05, 0.1) is 4.90 Å². The summed E-state index contributed by atoms with van der Waals surface area (Å²) in [6, 6.07) is 4.72. The van der Waals surface area contributed by atoms with Gasteiger partial charge in [-0.15, -0.1) is 11.8 Å². The first kappa shape index (κ1) is 16.5. The molecule has 9 heteroatoms. The molecule has 7 nitrogen and oxygen atoms in total. The Hall–Kier alpha value is -1.58. The Morgan fingerprint density at radius 1 is 1.35 bits per heavy atom. The number of carbonyl (C=O) groups excluding carboxylic acids is 1. The number of nitrogens with one attached hydrogen (secondary N) is 1. The van der Waals surface area contributed by atoms with E-state index in [1.165, 1.54) is 43.0 Å². The van der Waals surface area contributed by atoms with Crippen LogP contribution in [0, 0.1) is 0 Å². The average molecular weight is 318 g/mol. The van der Waals surface area contributed by atoms with Crippen molar-refractivity contribution in [3.8, 4) is 0 Å². The second kappa shape index (κ2) is 6.73. The molecule has 0 aromatic heterocycles. The van der Waals surface area contributed by atoms with Crippen LogP contribution in [-0.4, -0.2) is 37.2 Å². The van der Waals surface area contributed by atoms with Crippen LogP contribution in [-0.2, 0) is 19.6 Å². The highest BCUT2D eigenvalue weighted by Gasteiger charge is 2.18. The fraction of sp³-hybridized carbons (Fsp3) is 0.273. The molecule has 1 aromatic rings. The molecule has 0 spiro atoms. The minimum Gasteiger partial charge on any atom is -0.480 e. The zero-order valence-corrected chi connectivity index (χ0v) is 12.2. The first-order valence-electron chi connectivity index (χ1n) is 5.45. The van der Waals surface area contributed by atoms with Gasteiger partial charge in [-0.05, 0) is 24.3 Å². The minimum absolute atomic E-state index is 0.0153. The molecule has 1 amide bonds. The zero-order chi connectivity index (χ0) is 15.3. The van der Waals surface area contributed by atoms with Crippen LogP contribution in [0.3, 0.4) is 0 Å². The van der Waals surface area contributed by atoms with E-state index in [0.29, 0.717) is 4.90 Å². The number of rotatable bonds is 6. The Bertz CT molecular complexity index is 598. The van der Waals surface area contributed by atoms with Crippen molar-refractivity contribution in [3.63, 3.8) is 0 Å². The van der Waals surface area contributed by atoms with Gasteiger partial charge in [0.1, 0.15) is 6.04 Å². The lowest BCUT2D eigenvalue weighted by molar-refractivity contribution is -0.140. The molecule has 1 aromatic carbocycles. The molecule has 0 aliphatic carbocycles. The number of carbonyl (C=O) groups is 2. The summed E-state index contributed by atoms with van der Waals surface area (Å²) in [6.07, 6.45) is 0. The SMILES string of the molecule is CC(=O)N[C@@H](CSc1ccc(S(N)(=O)=O)cc1)C(=O)O. The third-order valence-corrected chi connectivity index (χ3v) is 4.28. The van der Waals surface area contributed by atoms with Crippen LogP contribution < -0.4 is 10.5 Å². The number of amides is 1. The maximum Gasteiger partial charge on any atom is 0.327 e. The number of benzene rings is 1. The lowest BCUT2D eigenvalue weighted by atomic mass is 10.3. The van der Waals surface area contributed by atoms with Crippen molar-refractivity contribution in [1.29, 1.82) is 0 Å². The van der Waals surface area contributed by atoms with Crippen LogP contribution in [0.25, 0.3) is 0 Å². The number of carboxylic acids is 1. The van der Waals surface area contributed by atoms with E-state index in [4.69, 9.17) is 10.2 Å². The van der Waals surface area contributed by atoms with Gasteiger partial charge in [-0.3, -0.25) is 4.79 Å². The maximum atomic E-state index is 11.1. The minimum atomic E-state index is -3.74. The van der Waals surface area contributed by atoms with E-state index in [0.717, 1.165) is 0 Å². The van der Waals surface area contributed by atoms with E-state index >= 15 is 0 Å². The average Bonchev–Trinajstić information content (AvgIpc) is 2.33. The molecule has 20 heavy (non-hydrogen) atoms. The Labute approximate surface area is 120 Å². The molecule has 0 radical (unpaired) electrons. The van der Waals surface area contributed by atoms with E-state index < -0.39 is 27.9 Å². The van der Waals surface area contributed by atoms with Gasteiger partial charge in [0, 0.05) is 17.6 Å². The van der Waals surface area contributed by atoms with Gasteiger partial charge in [-0.1, -0.05) is 0 Å². The molecule has 0 unspecified atom stereocenters. The van der Waals surface area contributed by atoms with Crippen molar-refractivity contribution in [3.05, 3.63) is 24.3 Å². The number of primary sulfonamides is 1. The summed E-state index contributed by atoms with van der Waals surface area (Å²) < 4.78 is 22.1. The van der Waals surface area contributed by atoms with Crippen molar-refractivity contribution in [2.45, 2.75) is 22.8 Å². The first-order valence-corrected chi connectivity index (χ1v) is 7.99. The molecular formula is C11H14N2O5S2. The number of hydrogen-bond donors (Lipinski definition) is 3. The normalized spacial score (nSPS) is 12.7. The van der Waals surface area contributed by atoms with Crippen molar-refractivity contribution in [2.75, 3.05) is 5.75 Å². The second-order valence-electron chi connectivity index (χ2n) is 3.92. The number of sulfonamides is 1. The summed E-state index contributed by atoms with van der Waals surface area (Å²) in [5, 5.41) is 16.2. The molecule has 0 heterocycles. The second-order valence-corrected chi connectivity index (χ2v) is 6.57. The predicted molar refractivity (Wildman–Crippen MR) is 73.8 cm³/mol. The maximum absolute atomic E-state index is 11.1. The number of aliphatic carboxylic acids is 1. The highest BCUT2D eigenvalue weighted by atomic mass is 32.2. The van der Waals surface area contributed by atoms with Crippen molar-refractivity contribution in [2.24, 2.45) is 5.14 Å². The number of carboxylic acid groups (broad SMARTS) is 1. The first-order chi connectivity index (χ1) is 9.20. The third-order valence-electron chi connectivity index (χ3n) is 2.24. The molecule has 110 valence electrons. The van der Waals surface area contributed by atoms with Gasteiger partial charge in [0.15, 0.2) is 0 Å². The molecule has 1 rings (SSSR count). The number of nitrogens with two attached hydrogens (primary N) is 1. The topological polar surface area (TPSA) is 127 Å². The van der Waals surface area contributed by atoms with Crippen LogP contribution in [0.4, 0.5) is 0 Å². The highest BCUT2D eigenvalue weighted by Crippen LogP contribution is 2.20. The van der Waals surface area contributed by atoms with Gasteiger partial charge < -0.3 is 10.4 Å². The van der Waals surface area contributed by atoms with Crippen LogP contribution in [0.2, 0.25) is 0 Å². The van der Waals surface area contributed by atoms with Crippen molar-refractivity contribution >= 4 is 33.7 Å². The predicted octanol–water partition coefficient (Wildman–Crippen LogP) is 0.0154. The van der Waals surface area contributed by atoms with E-state index in [9.17, 15) is 18.0 Å². The lowest BCUT2D eigenvalue weighted by Crippen LogP contribution is -2.41. The van der Waals surface area contributed by atoms with Crippen LogP contribution in [0.5, 0.6) is 0 Å². The molecule has 0 aliphatic rings. The molecule has 1 atom stereocenters. The zero-order valence-electron chi connectivity index (χ0n) is 10.6. The molecule has 0 aliphatic heterocycles. The highest BCUT2D eigenvalue weighted by molar-refractivity contribution is 7.99. The Morgan fingerprint density at radius 2 is 1.90 bits per heavy atom. The van der Waals surface area contributed by atoms with Crippen LogP contribution in [0.15, 0.2) is 34.1 Å². The Morgan fingerprint density at radius 3 is 2.30 bits per heavy atom. The van der Waals surface area contributed by atoms with Gasteiger partial charge in [0.2, 0.25) is 15.9 Å². The lowest BCUT2D eigenvalue weighted by Gasteiger charge is -2.12. The Kier molecular flexibility index (Phi) is 5.54. The summed E-state index contributed by atoms with van der Waals surface area (Å²) in [4.78, 5) is 22.4. The van der Waals surface area contributed by atoms with E-state index in [1.807, 2.05) is 0 Å². The summed E-state index contributed by atoms with van der Waals surface area (Å²) >= 11 is 1.19. The summed E-state index contributed by atoms with van der Waals surface area (Å²) in [5.41, 5.74) is 0. The monoisotopic (exact) mass is 318 g/mol. The van der Waals surface area contributed by atoms with Gasteiger partial charge in [-0.25, -0.2) is 18.4 Å². The third kappa shape index (κ3) is 5.19. The van der Waals surface area contributed by atoms with E-state index in [2.05, 4.69) is 5.32 Å². The smallest absolute Gasteiger partial charge is 0.327 e. The fourth-order valence-electron chi connectivity index (χ4n) is 1.33.